The van der Waals surface area contributed by atoms with Crippen molar-refractivity contribution in [1.82, 2.24) is 10.1 Å². The lowest BCUT2D eigenvalue weighted by Crippen LogP contribution is -2.13. The summed E-state index contributed by atoms with van der Waals surface area (Å²) in [6.07, 6.45) is 1.12. The molecular weight excluding hydrogens is 422 g/mol. The highest BCUT2D eigenvalue weighted by Crippen LogP contribution is 2.33. The minimum absolute atomic E-state index is 0.131. The van der Waals surface area contributed by atoms with Crippen LogP contribution in [0.3, 0.4) is 0 Å². The number of fused-ring (bicyclic) bond motifs is 1. The molecule has 0 aliphatic rings. The van der Waals surface area contributed by atoms with Gasteiger partial charge in [-0.2, -0.15) is 0 Å². The Morgan fingerprint density at radius 2 is 1.90 bits per heavy atom. The van der Waals surface area contributed by atoms with Gasteiger partial charge < -0.3 is 9.84 Å². The van der Waals surface area contributed by atoms with Gasteiger partial charge >= 0.3 is 0 Å². The van der Waals surface area contributed by atoms with Crippen LogP contribution in [0.1, 0.15) is 25.8 Å². The van der Waals surface area contributed by atoms with E-state index in [1.807, 2.05) is 19.9 Å². The summed E-state index contributed by atoms with van der Waals surface area (Å²) >= 11 is 1.65. The number of carbonyl (C=O) groups excluding carboxylic acids is 1. The van der Waals surface area contributed by atoms with E-state index in [0.717, 1.165) is 21.6 Å². The molecule has 0 fully saturated rings. The van der Waals surface area contributed by atoms with Gasteiger partial charge in [-0.05, 0) is 51.1 Å². The first-order chi connectivity index (χ1) is 14.1. The van der Waals surface area contributed by atoms with Gasteiger partial charge in [0.15, 0.2) is 9.84 Å². The number of sulfone groups is 1. The van der Waals surface area contributed by atoms with Gasteiger partial charge in [-0.3, -0.25) is 4.79 Å². The standard InChI is InChI=1S/C21H19N3O4S2/c1-11-8-16(13(3)29-11)18-10-17(19-12(2)24-28-21(19)23-18)20(25)22-14-6-5-7-15(9-14)30(4,26)27/h5-10H,1-4H3,(H,22,25). The molecule has 0 aliphatic heterocycles. The van der Waals surface area contributed by atoms with Gasteiger partial charge in [0, 0.05) is 27.3 Å². The molecule has 0 radical (unpaired) electrons. The zero-order valence-electron chi connectivity index (χ0n) is 16.8. The summed E-state index contributed by atoms with van der Waals surface area (Å²) < 4.78 is 29.0. The topological polar surface area (TPSA) is 102 Å². The summed E-state index contributed by atoms with van der Waals surface area (Å²) in [6, 6.07) is 9.88. The van der Waals surface area contributed by atoms with Gasteiger partial charge in [-0.15, -0.1) is 11.3 Å². The van der Waals surface area contributed by atoms with E-state index in [4.69, 9.17) is 4.52 Å². The molecule has 154 valence electrons. The van der Waals surface area contributed by atoms with Crippen LogP contribution in [0.4, 0.5) is 5.69 Å². The number of benzene rings is 1. The van der Waals surface area contributed by atoms with E-state index in [-0.39, 0.29) is 10.6 Å². The van der Waals surface area contributed by atoms with E-state index in [1.54, 1.807) is 36.5 Å². The molecular formula is C21H19N3O4S2. The van der Waals surface area contributed by atoms with E-state index >= 15 is 0 Å². The fourth-order valence-electron chi connectivity index (χ4n) is 3.30. The van der Waals surface area contributed by atoms with Crippen molar-refractivity contribution in [2.75, 3.05) is 11.6 Å². The van der Waals surface area contributed by atoms with E-state index < -0.39 is 15.7 Å². The summed E-state index contributed by atoms with van der Waals surface area (Å²) in [5, 5.41) is 7.27. The smallest absolute Gasteiger partial charge is 0.259 e. The van der Waals surface area contributed by atoms with Crippen LogP contribution in [0.2, 0.25) is 0 Å². The van der Waals surface area contributed by atoms with Crippen molar-refractivity contribution >= 4 is 43.9 Å². The van der Waals surface area contributed by atoms with Gasteiger partial charge in [0.2, 0.25) is 0 Å². The zero-order chi connectivity index (χ0) is 21.6. The highest BCUT2D eigenvalue weighted by atomic mass is 32.2. The second-order valence-corrected chi connectivity index (χ2v) is 10.6. The molecule has 0 atom stereocenters. The molecule has 7 nitrogen and oxygen atoms in total. The average Bonchev–Trinajstić information content (AvgIpc) is 3.22. The van der Waals surface area contributed by atoms with Crippen molar-refractivity contribution in [1.29, 1.82) is 0 Å². The average molecular weight is 442 g/mol. The Bertz CT molecular complexity index is 1400. The molecule has 3 heterocycles. The first-order valence-electron chi connectivity index (χ1n) is 9.09. The number of pyridine rings is 1. The third-order valence-corrected chi connectivity index (χ3v) is 6.77. The van der Waals surface area contributed by atoms with Crippen molar-refractivity contribution in [3.63, 3.8) is 0 Å². The fraction of sp³-hybridized carbons (Fsp3) is 0.190. The molecule has 3 aromatic heterocycles. The summed E-state index contributed by atoms with van der Waals surface area (Å²) in [6.45, 7) is 5.76. The van der Waals surface area contributed by atoms with E-state index in [9.17, 15) is 13.2 Å². The van der Waals surface area contributed by atoms with Gasteiger partial charge in [0.25, 0.3) is 11.6 Å². The van der Waals surface area contributed by atoms with E-state index in [0.29, 0.717) is 28.0 Å². The van der Waals surface area contributed by atoms with Crippen LogP contribution in [0, 0.1) is 20.8 Å². The lowest BCUT2D eigenvalue weighted by Gasteiger charge is -2.09. The number of hydrogen-bond donors (Lipinski definition) is 1. The lowest BCUT2D eigenvalue weighted by atomic mass is 10.1. The van der Waals surface area contributed by atoms with Crippen LogP contribution in [-0.4, -0.2) is 30.7 Å². The molecule has 1 aromatic carbocycles. The maximum atomic E-state index is 13.2. The Kier molecular flexibility index (Phi) is 4.95. The zero-order valence-corrected chi connectivity index (χ0v) is 18.4. The molecule has 9 heteroatoms. The molecule has 4 rings (SSSR count). The van der Waals surface area contributed by atoms with Gasteiger partial charge in [0.1, 0.15) is 0 Å². The molecule has 0 spiro atoms. The first kappa shape index (κ1) is 20.2. The minimum Gasteiger partial charge on any atom is -0.335 e. The Hall–Kier alpha value is -3.04. The first-order valence-corrected chi connectivity index (χ1v) is 11.8. The Morgan fingerprint density at radius 1 is 1.13 bits per heavy atom. The molecule has 0 unspecified atom stereocenters. The third-order valence-electron chi connectivity index (χ3n) is 4.70. The van der Waals surface area contributed by atoms with E-state index in [1.165, 1.54) is 12.1 Å². The van der Waals surface area contributed by atoms with Crippen molar-refractivity contribution in [2.24, 2.45) is 0 Å². The highest BCUT2D eigenvalue weighted by Gasteiger charge is 2.21. The Labute approximate surface area is 177 Å². The summed E-state index contributed by atoms with van der Waals surface area (Å²) in [4.78, 5) is 20.1. The number of nitrogens with one attached hydrogen (secondary N) is 1. The van der Waals surface area contributed by atoms with Gasteiger partial charge in [-0.1, -0.05) is 11.2 Å². The van der Waals surface area contributed by atoms with Gasteiger partial charge in [0.05, 0.1) is 27.2 Å². The largest absolute Gasteiger partial charge is 0.335 e. The monoisotopic (exact) mass is 441 g/mol. The number of amides is 1. The second kappa shape index (κ2) is 7.33. The third kappa shape index (κ3) is 3.73. The minimum atomic E-state index is -3.39. The van der Waals surface area contributed by atoms with Crippen molar-refractivity contribution in [3.05, 3.63) is 57.4 Å². The molecule has 30 heavy (non-hydrogen) atoms. The summed E-state index contributed by atoms with van der Waals surface area (Å²) in [5.74, 6) is -0.398. The number of rotatable bonds is 4. The number of hydrogen-bond acceptors (Lipinski definition) is 7. The Balaban J connectivity index is 1.80. The van der Waals surface area contributed by atoms with Gasteiger partial charge in [-0.25, -0.2) is 13.4 Å². The maximum Gasteiger partial charge on any atom is 0.259 e. The van der Waals surface area contributed by atoms with Crippen LogP contribution in [0.15, 0.2) is 45.8 Å². The molecule has 4 aromatic rings. The van der Waals surface area contributed by atoms with Crippen LogP contribution in [0.25, 0.3) is 22.4 Å². The number of aryl methyl sites for hydroxylation is 3. The summed E-state index contributed by atoms with van der Waals surface area (Å²) in [7, 11) is -3.39. The maximum absolute atomic E-state index is 13.2. The normalized spacial score (nSPS) is 11.7. The number of aromatic nitrogens is 2. The van der Waals surface area contributed by atoms with Crippen LogP contribution >= 0.6 is 11.3 Å². The number of thiophene rings is 1. The number of carbonyl (C=O) groups is 1. The molecule has 0 aliphatic carbocycles. The van der Waals surface area contributed by atoms with Crippen molar-refractivity contribution in [3.8, 4) is 11.3 Å². The Morgan fingerprint density at radius 3 is 2.57 bits per heavy atom. The van der Waals surface area contributed by atoms with Crippen molar-refractivity contribution in [2.45, 2.75) is 25.7 Å². The van der Waals surface area contributed by atoms with Crippen molar-refractivity contribution < 1.29 is 17.7 Å². The molecule has 1 amide bonds. The predicted octanol–water partition coefficient (Wildman–Crippen LogP) is 4.53. The lowest BCUT2D eigenvalue weighted by molar-refractivity contribution is 0.102. The second-order valence-electron chi connectivity index (χ2n) is 7.08. The molecule has 0 saturated heterocycles. The van der Waals surface area contributed by atoms with E-state index in [2.05, 4.69) is 15.5 Å². The molecule has 0 saturated carbocycles. The number of anilines is 1. The fourth-order valence-corrected chi connectivity index (χ4v) is 4.90. The van der Waals surface area contributed by atoms with Crippen LogP contribution < -0.4 is 5.32 Å². The summed E-state index contributed by atoms with van der Waals surface area (Å²) in [5.41, 5.74) is 3.13. The molecule has 0 bridgehead atoms. The SMILES string of the molecule is Cc1cc(-c2cc(C(=O)Nc3cccc(S(C)(=O)=O)c3)c3c(C)noc3n2)c(C)s1. The number of nitrogens with zero attached hydrogens (tertiary/aromatic N) is 2. The van der Waals surface area contributed by atoms with Crippen LogP contribution in [0.5, 0.6) is 0 Å². The molecule has 1 N–H and O–H groups in total. The van der Waals surface area contributed by atoms with Crippen LogP contribution in [-0.2, 0) is 9.84 Å². The predicted molar refractivity (Wildman–Crippen MR) is 117 cm³/mol. The highest BCUT2D eigenvalue weighted by molar-refractivity contribution is 7.90. The quantitative estimate of drug-likeness (QED) is 0.499.